The van der Waals surface area contributed by atoms with E-state index in [1.807, 2.05) is 20.8 Å². The van der Waals surface area contributed by atoms with Gasteiger partial charge in [-0.1, -0.05) is 27.2 Å². The lowest BCUT2D eigenvalue weighted by Crippen LogP contribution is -2.46. The number of carbonyl (C=O) groups is 2. The highest BCUT2D eigenvalue weighted by atomic mass is 16.2. The van der Waals surface area contributed by atoms with Gasteiger partial charge in [-0.05, 0) is 26.2 Å². The van der Waals surface area contributed by atoms with Crippen molar-refractivity contribution in [1.29, 1.82) is 0 Å². The van der Waals surface area contributed by atoms with Crippen molar-refractivity contribution in [2.24, 2.45) is 11.3 Å². The van der Waals surface area contributed by atoms with Gasteiger partial charge in [0, 0.05) is 12.0 Å². The number of nitrogens with zero attached hydrogens (tertiary/aromatic N) is 1. The Morgan fingerprint density at radius 2 is 1.69 bits per heavy atom. The van der Waals surface area contributed by atoms with Gasteiger partial charge in [0.15, 0.2) is 0 Å². The smallest absolute Gasteiger partial charge is 0.233 e. The molecule has 0 aromatic rings. The summed E-state index contributed by atoms with van der Waals surface area (Å²) in [5, 5.41) is 0. The van der Waals surface area contributed by atoms with Gasteiger partial charge >= 0.3 is 0 Å². The normalized spacial score (nSPS) is 23.1. The fourth-order valence-electron chi connectivity index (χ4n) is 2.19. The van der Waals surface area contributed by atoms with Gasteiger partial charge in [0.1, 0.15) is 0 Å². The largest absolute Gasteiger partial charge is 0.277 e. The van der Waals surface area contributed by atoms with E-state index >= 15 is 0 Å². The predicted octanol–water partition coefficient (Wildman–Crippen LogP) is 2.60. The molecule has 0 saturated carbocycles. The van der Waals surface area contributed by atoms with E-state index in [9.17, 15) is 9.59 Å². The summed E-state index contributed by atoms with van der Waals surface area (Å²) in [6.07, 6.45) is 1.28. The molecule has 1 heterocycles. The molecule has 0 aromatic carbocycles. The second-order valence-electron chi connectivity index (χ2n) is 6.34. The zero-order chi connectivity index (χ0) is 12.7. The minimum atomic E-state index is -0.396. The summed E-state index contributed by atoms with van der Waals surface area (Å²) in [5.41, 5.74) is -0.487. The summed E-state index contributed by atoms with van der Waals surface area (Å²) in [6, 6.07) is 0. The van der Waals surface area contributed by atoms with E-state index in [1.54, 1.807) is 0 Å². The third-order valence-corrected chi connectivity index (χ3v) is 3.67. The number of hydrogen-bond acceptors (Lipinski definition) is 2. The SMILES string of the molecule is CCC(C)(C)C1CC(=O)N(C(C)(C)C)C1=O. The van der Waals surface area contributed by atoms with Gasteiger partial charge in [0.2, 0.25) is 11.8 Å². The molecule has 3 heteroatoms. The monoisotopic (exact) mass is 225 g/mol. The Hall–Kier alpha value is -0.860. The summed E-state index contributed by atoms with van der Waals surface area (Å²) in [5.74, 6) is -0.169. The van der Waals surface area contributed by atoms with Crippen LogP contribution in [-0.2, 0) is 9.59 Å². The van der Waals surface area contributed by atoms with Gasteiger partial charge < -0.3 is 0 Å². The molecule has 2 amide bonds. The highest BCUT2D eigenvalue weighted by Crippen LogP contribution is 2.40. The summed E-state index contributed by atoms with van der Waals surface area (Å²) < 4.78 is 0. The molecule has 16 heavy (non-hydrogen) atoms. The van der Waals surface area contributed by atoms with Gasteiger partial charge in [0.05, 0.1) is 5.92 Å². The van der Waals surface area contributed by atoms with Crippen LogP contribution in [0.3, 0.4) is 0 Å². The molecule has 0 radical (unpaired) electrons. The fraction of sp³-hybridized carbons (Fsp3) is 0.846. The Morgan fingerprint density at radius 3 is 2.00 bits per heavy atom. The second-order valence-corrected chi connectivity index (χ2v) is 6.34. The summed E-state index contributed by atoms with van der Waals surface area (Å²) >= 11 is 0. The zero-order valence-electron chi connectivity index (χ0n) is 11.3. The van der Waals surface area contributed by atoms with Gasteiger partial charge in [-0.2, -0.15) is 0 Å². The van der Waals surface area contributed by atoms with Crippen LogP contribution in [0.25, 0.3) is 0 Å². The number of amides is 2. The first kappa shape index (κ1) is 13.2. The summed E-state index contributed by atoms with van der Waals surface area (Å²) in [4.78, 5) is 25.6. The lowest BCUT2D eigenvalue weighted by molar-refractivity contribution is -0.145. The van der Waals surface area contributed by atoms with Crippen molar-refractivity contribution >= 4 is 11.8 Å². The minimum Gasteiger partial charge on any atom is -0.277 e. The lowest BCUT2D eigenvalue weighted by Gasteiger charge is -2.33. The van der Waals surface area contributed by atoms with Gasteiger partial charge in [-0.3, -0.25) is 14.5 Å². The number of carbonyl (C=O) groups excluding carboxylic acids is 2. The molecule has 1 atom stereocenters. The number of likely N-dealkylation sites (tertiary alicyclic amines) is 1. The molecule has 1 fully saturated rings. The molecule has 3 nitrogen and oxygen atoms in total. The van der Waals surface area contributed by atoms with E-state index in [2.05, 4.69) is 20.8 Å². The van der Waals surface area contributed by atoms with E-state index in [-0.39, 0.29) is 23.1 Å². The fourth-order valence-corrected chi connectivity index (χ4v) is 2.19. The molecule has 1 aliphatic rings. The molecule has 0 bridgehead atoms. The Kier molecular flexibility index (Phi) is 3.19. The van der Waals surface area contributed by atoms with Crippen LogP contribution < -0.4 is 0 Å². The molecule has 1 saturated heterocycles. The van der Waals surface area contributed by atoms with Gasteiger partial charge in [-0.25, -0.2) is 0 Å². The first-order valence-corrected chi connectivity index (χ1v) is 5.98. The number of imide groups is 1. The molecule has 92 valence electrons. The first-order valence-electron chi connectivity index (χ1n) is 5.98. The van der Waals surface area contributed by atoms with Gasteiger partial charge in [-0.15, -0.1) is 0 Å². The van der Waals surface area contributed by atoms with Crippen molar-refractivity contribution in [2.75, 3.05) is 0 Å². The van der Waals surface area contributed by atoms with Crippen LogP contribution in [0.5, 0.6) is 0 Å². The Morgan fingerprint density at radius 1 is 1.19 bits per heavy atom. The average molecular weight is 225 g/mol. The van der Waals surface area contributed by atoms with Crippen molar-refractivity contribution in [2.45, 2.75) is 59.9 Å². The first-order chi connectivity index (χ1) is 7.11. The molecule has 1 unspecified atom stereocenters. The summed E-state index contributed by atoms with van der Waals surface area (Å²) in [6.45, 7) is 11.9. The maximum atomic E-state index is 12.3. The Balaban J connectivity index is 3.00. The van der Waals surface area contributed by atoms with E-state index in [4.69, 9.17) is 0 Å². The highest BCUT2D eigenvalue weighted by molar-refractivity contribution is 6.04. The number of rotatable bonds is 2. The predicted molar refractivity (Wildman–Crippen MR) is 63.8 cm³/mol. The molecule has 1 aliphatic heterocycles. The van der Waals surface area contributed by atoms with Crippen LogP contribution in [0.1, 0.15) is 54.4 Å². The molecule has 0 aromatic heterocycles. The third-order valence-electron chi connectivity index (χ3n) is 3.67. The van der Waals surface area contributed by atoms with E-state index in [0.29, 0.717) is 6.42 Å². The van der Waals surface area contributed by atoms with E-state index < -0.39 is 5.54 Å². The molecule has 0 N–H and O–H groups in total. The molecule has 0 spiro atoms. The van der Waals surface area contributed by atoms with Crippen LogP contribution in [-0.4, -0.2) is 22.3 Å². The molecule has 0 aliphatic carbocycles. The topological polar surface area (TPSA) is 37.4 Å². The lowest BCUT2D eigenvalue weighted by atomic mass is 9.76. The van der Waals surface area contributed by atoms with E-state index in [0.717, 1.165) is 6.42 Å². The van der Waals surface area contributed by atoms with E-state index in [1.165, 1.54) is 4.90 Å². The Labute approximate surface area is 98.2 Å². The highest BCUT2D eigenvalue weighted by Gasteiger charge is 2.49. The van der Waals surface area contributed by atoms with Crippen LogP contribution in [0, 0.1) is 11.3 Å². The van der Waals surface area contributed by atoms with Crippen LogP contribution in [0.15, 0.2) is 0 Å². The van der Waals surface area contributed by atoms with Crippen LogP contribution in [0.2, 0.25) is 0 Å². The summed E-state index contributed by atoms with van der Waals surface area (Å²) in [7, 11) is 0. The average Bonchev–Trinajstić information content (AvgIpc) is 2.41. The maximum Gasteiger partial charge on any atom is 0.233 e. The number of hydrogen-bond donors (Lipinski definition) is 0. The van der Waals surface area contributed by atoms with Crippen molar-refractivity contribution in [3.63, 3.8) is 0 Å². The quantitative estimate of drug-likeness (QED) is 0.677. The molecular formula is C13H23NO2. The zero-order valence-corrected chi connectivity index (χ0v) is 11.3. The van der Waals surface area contributed by atoms with Crippen molar-refractivity contribution in [3.05, 3.63) is 0 Å². The van der Waals surface area contributed by atoms with Crippen LogP contribution >= 0.6 is 0 Å². The van der Waals surface area contributed by atoms with Gasteiger partial charge in [0.25, 0.3) is 0 Å². The second kappa shape index (κ2) is 3.86. The van der Waals surface area contributed by atoms with Crippen molar-refractivity contribution in [1.82, 2.24) is 4.90 Å². The Bertz CT molecular complexity index is 312. The van der Waals surface area contributed by atoms with Crippen molar-refractivity contribution in [3.8, 4) is 0 Å². The minimum absolute atomic E-state index is 0.00403. The van der Waals surface area contributed by atoms with Crippen molar-refractivity contribution < 1.29 is 9.59 Å². The third kappa shape index (κ3) is 2.13. The standard InChI is InChI=1S/C13H23NO2/c1-7-13(5,6)9-8-10(15)14(11(9)16)12(2,3)4/h9H,7-8H2,1-6H3. The maximum absolute atomic E-state index is 12.3. The van der Waals surface area contributed by atoms with Crippen LogP contribution in [0.4, 0.5) is 0 Å². The molecular weight excluding hydrogens is 202 g/mol. The molecule has 1 rings (SSSR count).